The van der Waals surface area contributed by atoms with E-state index in [4.69, 9.17) is 15.0 Å². The molecule has 14 heteroatoms. The average molecular weight is 1320 g/mol. The van der Waals surface area contributed by atoms with E-state index < -0.39 is 0 Å². The summed E-state index contributed by atoms with van der Waals surface area (Å²) < 4.78 is 4.39. The predicted octanol–water partition coefficient (Wildman–Crippen LogP) is 19.9. The van der Waals surface area contributed by atoms with Gasteiger partial charge in [-0.2, -0.15) is 47.4 Å². The lowest BCUT2D eigenvalue weighted by atomic mass is 9.92. The maximum atomic E-state index is 10.4. The Kier molecular flexibility index (Phi) is 15.7. The zero-order valence-corrected chi connectivity index (χ0v) is 54.7. The van der Waals surface area contributed by atoms with Crippen LogP contribution in [-0.2, 0) is 0 Å². The molecular weight excluding hydrogens is 1280 g/mol. The van der Waals surface area contributed by atoms with E-state index in [-0.39, 0.29) is 0 Å². The molecule has 0 aliphatic rings. The van der Waals surface area contributed by atoms with Crippen molar-refractivity contribution in [2.45, 2.75) is 0 Å². The highest BCUT2D eigenvalue weighted by Crippen LogP contribution is 2.48. The van der Waals surface area contributed by atoms with Gasteiger partial charge in [0.15, 0.2) is 17.5 Å². The normalized spacial score (nSPS) is 10.8. The smallest absolute Gasteiger partial charge is 0.166 e. The van der Waals surface area contributed by atoms with Gasteiger partial charge in [0.05, 0.1) is 144 Å². The van der Waals surface area contributed by atoms with Gasteiger partial charge in [-0.25, -0.2) is 15.0 Å². The molecule has 0 fully saturated rings. The molecule has 104 heavy (non-hydrogen) atoms. The molecular formula is C90H44N14. The minimum absolute atomic E-state index is 0.313. The lowest BCUT2D eigenvalue weighted by Gasteiger charge is -2.21. The molecule has 0 atom stereocenters. The zero-order valence-electron chi connectivity index (χ0n) is 54.7. The Bertz CT molecular complexity index is 6340. The van der Waals surface area contributed by atoms with Crippen LogP contribution in [0.3, 0.4) is 0 Å². The fourth-order valence-electron chi connectivity index (χ4n) is 14.0. The van der Waals surface area contributed by atoms with Gasteiger partial charge in [0.25, 0.3) is 0 Å². The Morgan fingerprint density at radius 1 is 0.202 bits per heavy atom. The maximum absolute atomic E-state index is 10.4. The van der Waals surface area contributed by atoms with Crippen molar-refractivity contribution < 1.29 is 0 Å². The third-order valence-corrected chi connectivity index (χ3v) is 18.7. The summed E-state index contributed by atoms with van der Waals surface area (Å²) in [6.07, 6.45) is 0. The van der Waals surface area contributed by atoms with Gasteiger partial charge in [-0.05, 0) is 213 Å². The van der Waals surface area contributed by atoms with Gasteiger partial charge < -0.3 is 9.13 Å². The Hall–Kier alpha value is -16.1. The first kappa shape index (κ1) is 62.7. The van der Waals surface area contributed by atoms with Crippen LogP contribution in [0.1, 0.15) is 50.1 Å². The summed E-state index contributed by atoms with van der Waals surface area (Å²) in [4.78, 5) is 16.3. The average Bonchev–Trinajstić information content (AvgIpc) is 1.53. The van der Waals surface area contributed by atoms with Gasteiger partial charge in [0, 0.05) is 38.2 Å². The summed E-state index contributed by atoms with van der Waals surface area (Å²) >= 11 is 0. The van der Waals surface area contributed by atoms with Crippen LogP contribution in [0.5, 0.6) is 0 Å². The van der Waals surface area contributed by atoms with Gasteiger partial charge in [-0.15, -0.1) is 0 Å². The fourth-order valence-corrected chi connectivity index (χ4v) is 14.0. The van der Waals surface area contributed by atoms with Crippen molar-refractivity contribution >= 4 is 43.6 Å². The van der Waals surface area contributed by atoms with E-state index in [9.17, 15) is 47.4 Å². The molecule has 16 rings (SSSR count). The van der Waals surface area contributed by atoms with Crippen LogP contribution in [0.15, 0.2) is 267 Å². The van der Waals surface area contributed by atoms with E-state index in [0.717, 1.165) is 88.1 Å². The van der Waals surface area contributed by atoms with Crippen molar-refractivity contribution in [1.82, 2.24) is 24.1 Å². The number of rotatable bonds is 11. The molecule has 0 aliphatic heterocycles. The second-order valence-corrected chi connectivity index (χ2v) is 24.9. The minimum atomic E-state index is 0.313. The summed E-state index contributed by atoms with van der Waals surface area (Å²) in [5, 5.41) is 95.3. The van der Waals surface area contributed by atoms with Gasteiger partial charge >= 0.3 is 0 Å². The fraction of sp³-hybridized carbons (Fsp3) is 0. The second-order valence-electron chi connectivity index (χ2n) is 24.9. The van der Waals surface area contributed by atoms with Crippen LogP contribution in [0.25, 0.3) is 156 Å². The molecule has 0 bridgehead atoms. The van der Waals surface area contributed by atoms with Gasteiger partial charge in [0.2, 0.25) is 0 Å². The number of nitrogens with zero attached hydrogens (tertiary/aromatic N) is 14. The van der Waals surface area contributed by atoms with Gasteiger partial charge in [-0.1, -0.05) is 115 Å². The molecule has 0 radical (unpaired) electrons. The van der Waals surface area contributed by atoms with Crippen molar-refractivity contribution in [3.63, 3.8) is 0 Å². The van der Waals surface area contributed by atoms with Crippen molar-refractivity contribution in [1.29, 1.82) is 47.4 Å². The summed E-state index contributed by atoms with van der Waals surface area (Å²) in [6, 6.07) is 104. The molecule has 3 aromatic heterocycles. The molecule has 0 unspecified atom stereocenters. The lowest BCUT2D eigenvalue weighted by Crippen LogP contribution is -2.06. The Labute approximate surface area is 595 Å². The van der Waals surface area contributed by atoms with Crippen LogP contribution in [0.4, 0.5) is 0 Å². The standard InChI is InChI=1S/C90H44N14/c91-45-54-9-7-14-65(31-54)66-17-22-81(103-82-23-18-67(71-32-55(46-92)27-56(33-71)47-93)41-77(82)78-42-68(19-24-83(78)103)72-34-57(48-94)28-58(35-72)49-95)76(40-66)75-15-8-16-86(87(75)90-101-88(63-10-3-1-4-11-63)100-89(102-90)64-12-5-2-6-13-64)104-84-25-20-69(73-36-59(50-96)29-60(37-73)51-97)43-79(84)80-44-70(21-26-85(80)104)74-38-61(52-98)30-62(39-74)53-99/h1-44H. The highest BCUT2D eigenvalue weighted by Gasteiger charge is 2.27. The lowest BCUT2D eigenvalue weighted by molar-refractivity contribution is 1.06. The van der Waals surface area contributed by atoms with Crippen LogP contribution in [-0.4, -0.2) is 24.1 Å². The van der Waals surface area contributed by atoms with Crippen LogP contribution < -0.4 is 0 Å². The quantitative estimate of drug-likeness (QED) is 0.117. The topological polar surface area (TPSA) is 263 Å². The van der Waals surface area contributed by atoms with Crippen LogP contribution in [0.2, 0.25) is 0 Å². The largest absolute Gasteiger partial charge is 0.309 e. The van der Waals surface area contributed by atoms with Crippen molar-refractivity contribution in [2.75, 3.05) is 0 Å². The monoisotopic (exact) mass is 1320 g/mol. The van der Waals surface area contributed by atoms with Gasteiger partial charge in [0.1, 0.15) is 0 Å². The molecule has 14 nitrogen and oxygen atoms in total. The van der Waals surface area contributed by atoms with E-state index in [1.54, 1.807) is 78.9 Å². The predicted molar refractivity (Wildman–Crippen MR) is 400 cm³/mol. The highest BCUT2D eigenvalue weighted by atomic mass is 15.1. The Morgan fingerprint density at radius 3 is 0.865 bits per heavy atom. The van der Waals surface area contributed by atoms with Crippen molar-refractivity contribution in [3.8, 4) is 167 Å². The zero-order chi connectivity index (χ0) is 71.1. The summed E-state index contributed by atoms with van der Waals surface area (Å²) in [7, 11) is 0. The maximum Gasteiger partial charge on any atom is 0.166 e. The van der Waals surface area contributed by atoms with E-state index in [1.165, 1.54) is 0 Å². The molecule has 0 aliphatic carbocycles. The third kappa shape index (κ3) is 11.2. The number of nitriles is 9. The number of hydrogen-bond donors (Lipinski definition) is 0. The molecule has 3 heterocycles. The molecule has 16 aromatic rings. The van der Waals surface area contributed by atoms with Crippen LogP contribution >= 0.6 is 0 Å². The van der Waals surface area contributed by atoms with Crippen LogP contribution in [0, 0.1) is 102 Å². The van der Waals surface area contributed by atoms with Crippen molar-refractivity contribution in [2.24, 2.45) is 0 Å². The molecule has 474 valence electrons. The third-order valence-electron chi connectivity index (χ3n) is 18.7. The first-order valence-corrected chi connectivity index (χ1v) is 32.7. The first-order chi connectivity index (χ1) is 51.0. The van der Waals surface area contributed by atoms with E-state index in [2.05, 4.69) is 106 Å². The molecule has 0 N–H and O–H groups in total. The van der Waals surface area contributed by atoms with Crippen molar-refractivity contribution in [3.05, 3.63) is 317 Å². The SMILES string of the molecule is N#Cc1cccc(-c2ccc(-n3c4ccc(-c5cc(C#N)cc(C#N)c5)cc4c4cc(-c5cc(C#N)cc(C#N)c5)ccc43)c(-c3cccc(-n4c5ccc(-c6cc(C#N)cc(C#N)c6)cc5c5cc(-c6cc(C#N)cc(C#N)c6)ccc54)c3-c3nc(-c4ccccc4)nc(-c4ccccc4)n3)c2)c1. The number of fused-ring (bicyclic) bond motifs is 6. The van der Waals surface area contributed by atoms with Gasteiger partial charge in [-0.3, -0.25) is 0 Å². The Balaban J connectivity index is 1.05. The first-order valence-electron chi connectivity index (χ1n) is 32.7. The molecule has 0 amide bonds. The minimum Gasteiger partial charge on any atom is -0.309 e. The number of benzene rings is 13. The molecule has 13 aromatic carbocycles. The molecule has 0 saturated heterocycles. The number of hydrogen-bond acceptors (Lipinski definition) is 12. The Morgan fingerprint density at radius 2 is 0.500 bits per heavy atom. The number of aromatic nitrogens is 5. The summed E-state index contributed by atoms with van der Waals surface area (Å²) in [5.74, 6) is 1.12. The highest BCUT2D eigenvalue weighted by molar-refractivity contribution is 6.14. The molecule has 0 spiro atoms. The van der Waals surface area contributed by atoms with E-state index in [1.807, 2.05) is 146 Å². The van der Waals surface area contributed by atoms with E-state index >= 15 is 0 Å². The summed E-state index contributed by atoms with van der Waals surface area (Å²) in [5.41, 5.74) is 18.1. The molecule has 0 saturated carbocycles. The second kappa shape index (κ2) is 26.0. The van der Waals surface area contributed by atoms with E-state index in [0.29, 0.717) is 118 Å². The summed E-state index contributed by atoms with van der Waals surface area (Å²) in [6.45, 7) is 0.